The number of carbonyl (C=O) groups is 2. The van der Waals surface area contributed by atoms with Crippen LogP contribution < -0.4 is 10.0 Å². The summed E-state index contributed by atoms with van der Waals surface area (Å²) in [6, 6.07) is 18.9. The van der Waals surface area contributed by atoms with Gasteiger partial charge in [0.1, 0.15) is 17.6 Å². The third-order valence-corrected chi connectivity index (χ3v) is 7.69. The topological polar surface area (TPSA) is 76.6 Å². The van der Waals surface area contributed by atoms with Crippen LogP contribution in [-0.2, 0) is 6.54 Å². The zero-order valence-electron chi connectivity index (χ0n) is 22.6. The van der Waals surface area contributed by atoms with Gasteiger partial charge in [0.25, 0.3) is 12.0 Å². The summed E-state index contributed by atoms with van der Waals surface area (Å²) >= 11 is 0. The van der Waals surface area contributed by atoms with Gasteiger partial charge in [-0.15, -0.1) is 0 Å². The van der Waals surface area contributed by atoms with Gasteiger partial charge in [0, 0.05) is 31.4 Å². The molecule has 0 aliphatic carbocycles. The van der Waals surface area contributed by atoms with E-state index in [9.17, 15) is 19.1 Å². The zero-order valence-corrected chi connectivity index (χ0v) is 22.6. The van der Waals surface area contributed by atoms with E-state index in [4.69, 9.17) is 0 Å². The van der Waals surface area contributed by atoms with Crippen LogP contribution in [0.15, 0.2) is 66.7 Å². The number of hydrogen-bond donors (Lipinski definition) is 0. The van der Waals surface area contributed by atoms with E-state index in [1.807, 2.05) is 52.0 Å². The van der Waals surface area contributed by atoms with E-state index < -0.39 is 11.6 Å². The van der Waals surface area contributed by atoms with Gasteiger partial charge < -0.3 is 14.8 Å². The van der Waals surface area contributed by atoms with Crippen LogP contribution in [-0.4, -0.2) is 64.6 Å². The number of aromatic nitrogens is 1. The van der Waals surface area contributed by atoms with Gasteiger partial charge in [-0.2, -0.15) is 0 Å². The highest BCUT2D eigenvalue weighted by Gasteiger charge is 2.49. The molecule has 1 aromatic heterocycles. The molecule has 0 N–H and O–H groups in total. The Hall–Kier alpha value is -3.62. The van der Waals surface area contributed by atoms with Gasteiger partial charge in [-0.25, -0.2) is 9.37 Å². The third kappa shape index (κ3) is 5.33. The predicted molar refractivity (Wildman–Crippen MR) is 144 cm³/mol. The standard InChI is InChI=1S/C30H35FN4O3/c1-21-19-34(16-17-35(21,29(37)38)30(2,3)4)20-22-12-14-25(15-13-22)33(5)28(36)27-11-7-10-26(32-27)23-8-6-9-24(31)18-23/h6-15,18,21H,16-17,19-20H2,1-5H3/t21-,35?/m0/s1. The zero-order chi connectivity index (χ0) is 27.7. The molecular weight excluding hydrogens is 483 g/mol. The first kappa shape index (κ1) is 27.4. The number of piperazine rings is 1. The Balaban J connectivity index is 1.43. The maximum Gasteiger partial charge on any atom is 0.276 e. The fraction of sp³-hybridized carbons (Fsp3) is 0.367. The van der Waals surface area contributed by atoms with Crippen LogP contribution in [0.4, 0.5) is 14.9 Å². The average Bonchev–Trinajstić information content (AvgIpc) is 2.87. The van der Waals surface area contributed by atoms with Crippen molar-refractivity contribution in [1.82, 2.24) is 9.88 Å². The second-order valence-electron chi connectivity index (χ2n) is 11.1. The molecule has 1 saturated heterocycles. The quantitative estimate of drug-likeness (QED) is 0.470. The molecule has 3 aromatic rings. The fourth-order valence-electron chi connectivity index (χ4n) is 5.54. The minimum atomic E-state index is -1.02. The van der Waals surface area contributed by atoms with Crippen LogP contribution in [0.25, 0.3) is 11.3 Å². The van der Waals surface area contributed by atoms with Crippen molar-refractivity contribution < 1.29 is 23.6 Å². The summed E-state index contributed by atoms with van der Waals surface area (Å²) in [5, 5.41) is 12.2. The SMILES string of the molecule is C[C@H]1CN(Cc2ccc(N(C)C(=O)c3cccc(-c4cccc(F)c4)n3)cc2)CC[N+]1(C(=O)[O-])C(C)(C)C. The maximum atomic E-state index is 13.6. The van der Waals surface area contributed by atoms with Crippen LogP contribution in [0.2, 0.25) is 0 Å². The molecule has 0 saturated carbocycles. The van der Waals surface area contributed by atoms with Crippen molar-refractivity contribution in [3.8, 4) is 11.3 Å². The molecule has 4 rings (SSSR count). The average molecular weight is 519 g/mol. The smallest absolute Gasteiger partial charge is 0.276 e. The number of nitrogens with zero attached hydrogens (tertiary/aromatic N) is 4. The normalized spacial score (nSPS) is 20.2. The Morgan fingerprint density at radius 1 is 1.11 bits per heavy atom. The summed E-state index contributed by atoms with van der Waals surface area (Å²) in [5.74, 6) is -0.622. The molecule has 2 heterocycles. The molecule has 0 radical (unpaired) electrons. The van der Waals surface area contributed by atoms with E-state index in [-0.39, 0.29) is 27.9 Å². The van der Waals surface area contributed by atoms with Crippen LogP contribution in [0.3, 0.4) is 0 Å². The molecular formula is C30H35FN4O3. The molecule has 1 aliphatic heterocycles. The highest BCUT2D eigenvalue weighted by Crippen LogP contribution is 2.32. The largest absolute Gasteiger partial charge is 0.498 e. The van der Waals surface area contributed by atoms with Crippen molar-refractivity contribution in [3.63, 3.8) is 0 Å². The number of amides is 2. The Labute approximate surface area is 223 Å². The van der Waals surface area contributed by atoms with Gasteiger partial charge in [0.05, 0.1) is 24.3 Å². The molecule has 8 heteroatoms. The first-order chi connectivity index (χ1) is 17.9. The van der Waals surface area contributed by atoms with Gasteiger partial charge in [-0.3, -0.25) is 14.2 Å². The lowest BCUT2D eigenvalue weighted by Gasteiger charge is -2.55. The summed E-state index contributed by atoms with van der Waals surface area (Å²) in [5.41, 5.74) is 2.77. The van der Waals surface area contributed by atoms with Crippen molar-refractivity contribution >= 4 is 17.7 Å². The van der Waals surface area contributed by atoms with E-state index in [1.165, 1.54) is 12.1 Å². The van der Waals surface area contributed by atoms with Gasteiger partial charge in [-0.1, -0.05) is 30.3 Å². The summed E-state index contributed by atoms with van der Waals surface area (Å²) in [6.45, 7) is 10.3. The Morgan fingerprint density at radius 3 is 2.39 bits per heavy atom. The number of anilines is 1. The van der Waals surface area contributed by atoms with Gasteiger partial charge in [0.2, 0.25) is 0 Å². The van der Waals surface area contributed by atoms with Crippen LogP contribution >= 0.6 is 0 Å². The summed E-state index contributed by atoms with van der Waals surface area (Å²) in [4.78, 5) is 33.6. The van der Waals surface area contributed by atoms with E-state index >= 15 is 0 Å². The second-order valence-corrected chi connectivity index (χ2v) is 11.1. The third-order valence-electron chi connectivity index (χ3n) is 7.69. The molecule has 200 valence electrons. The van der Waals surface area contributed by atoms with Gasteiger partial charge >= 0.3 is 0 Å². The molecule has 1 aliphatic rings. The first-order valence-electron chi connectivity index (χ1n) is 12.8. The van der Waals surface area contributed by atoms with Crippen molar-refractivity contribution in [2.24, 2.45) is 0 Å². The predicted octanol–water partition coefficient (Wildman–Crippen LogP) is 4.33. The summed E-state index contributed by atoms with van der Waals surface area (Å²) in [7, 11) is 1.70. The number of carboxylic acid groups (broad SMARTS) is 1. The molecule has 38 heavy (non-hydrogen) atoms. The lowest BCUT2D eigenvalue weighted by Crippen LogP contribution is -2.76. The molecule has 2 atom stereocenters. The number of benzene rings is 2. The van der Waals surface area contributed by atoms with Crippen LogP contribution in [0, 0.1) is 5.82 Å². The highest BCUT2D eigenvalue weighted by atomic mass is 19.1. The highest BCUT2D eigenvalue weighted by molar-refractivity contribution is 6.04. The summed E-state index contributed by atoms with van der Waals surface area (Å²) < 4.78 is 13.6. The van der Waals surface area contributed by atoms with Gasteiger partial charge in [-0.05, 0) is 69.7 Å². The summed E-state index contributed by atoms with van der Waals surface area (Å²) in [6.07, 6.45) is -1.02. The lowest BCUT2D eigenvalue weighted by atomic mass is 9.95. The number of hydrogen-bond acceptors (Lipinski definition) is 5. The Bertz CT molecular complexity index is 1320. The molecule has 7 nitrogen and oxygen atoms in total. The molecule has 2 aromatic carbocycles. The number of quaternary nitrogens is 1. The van der Waals surface area contributed by atoms with E-state index in [2.05, 4.69) is 9.88 Å². The van der Waals surface area contributed by atoms with Crippen LogP contribution in [0.5, 0.6) is 0 Å². The van der Waals surface area contributed by atoms with E-state index in [0.29, 0.717) is 37.4 Å². The van der Waals surface area contributed by atoms with Gasteiger partial charge in [0.15, 0.2) is 0 Å². The lowest BCUT2D eigenvalue weighted by molar-refractivity contribution is -0.943. The number of carbonyl (C=O) groups excluding carboxylic acids is 2. The number of halogens is 1. The van der Waals surface area contributed by atoms with Crippen LogP contribution in [0.1, 0.15) is 43.7 Å². The maximum absolute atomic E-state index is 13.6. The van der Waals surface area contributed by atoms with E-state index in [1.54, 1.807) is 42.3 Å². The molecule has 1 unspecified atom stereocenters. The fourth-order valence-corrected chi connectivity index (χ4v) is 5.54. The van der Waals surface area contributed by atoms with Crippen molar-refractivity contribution in [1.29, 1.82) is 0 Å². The Morgan fingerprint density at radius 2 is 1.79 bits per heavy atom. The Kier molecular flexibility index (Phi) is 7.67. The van der Waals surface area contributed by atoms with Crippen molar-refractivity contribution in [3.05, 3.63) is 83.8 Å². The molecule has 0 bridgehead atoms. The first-order valence-corrected chi connectivity index (χ1v) is 12.8. The van der Waals surface area contributed by atoms with E-state index in [0.717, 1.165) is 11.3 Å². The molecule has 2 amide bonds. The second kappa shape index (κ2) is 10.6. The van der Waals surface area contributed by atoms with Crippen molar-refractivity contribution in [2.75, 3.05) is 31.6 Å². The number of rotatable bonds is 5. The monoisotopic (exact) mass is 518 g/mol. The number of pyridine rings is 1. The minimum Gasteiger partial charge on any atom is -0.498 e. The molecule has 1 fully saturated rings. The molecule has 0 spiro atoms. The minimum absolute atomic E-state index is 0.0518. The van der Waals surface area contributed by atoms with Crippen molar-refractivity contribution in [2.45, 2.75) is 45.8 Å².